The molecule has 0 saturated carbocycles. The molecule has 0 aliphatic carbocycles. The van der Waals surface area contributed by atoms with E-state index in [0.29, 0.717) is 10.9 Å². The highest BCUT2D eigenvalue weighted by atomic mass is 16.1. The van der Waals surface area contributed by atoms with Gasteiger partial charge in [0, 0.05) is 25.5 Å². The van der Waals surface area contributed by atoms with Gasteiger partial charge in [0.1, 0.15) is 0 Å². The van der Waals surface area contributed by atoms with Crippen LogP contribution in [0.25, 0.3) is 16.6 Å². The molecule has 3 aromatic rings. The zero-order valence-electron chi connectivity index (χ0n) is 13.1. The number of rotatable bonds is 2. The molecule has 1 aromatic carbocycles. The molecule has 23 heavy (non-hydrogen) atoms. The quantitative estimate of drug-likeness (QED) is 0.730. The Morgan fingerprint density at radius 2 is 1.87 bits per heavy atom. The summed E-state index contributed by atoms with van der Waals surface area (Å²) in [6.45, 7) is 3.98. The van der Waals surface area contributed by atoms with Crippen molar-refractivity contribution in [2.45, 2.75) is 19.8 Å². The lowest BCUT2D eigenvalue weighted by Gasteiger charge is -2.15. The number of benzene rings is 1. The van der Waals surface area contributed by atoms with E-state index in [9.17, 15) is 4.79 Å². The van der Waals surface area contributed by atoms with Crippen LogP contribution >= 0.6 is 0 Å². The summed E-state index contributed by atoms with van der Waals surface area (Å²) in [5.74, 6) is 0.725. The van der Waals surface area contributed by atoms with Crippen LogP contribution in [0.4, 0.5) is 5.95 Å². The molecule has 4 rings (SSSR count). The smallest absolute Gasteiger partial charge is 0.266 e. The number of aromatic nitrogens is 3. The third kappa shape index (κ3) is 2.38. The minimum atomic E-state index is -0.0789. The SMILES string of the molecule is Cc1ccccc1-n1ccc2nc(N3CCCC3)ncc2c1=O. The third-order valence-electron chi connectivity index (χ3n) is 4.40. The third-order valence-corrected chi connectivity index (χ3v) is 4.40. The molecule has 1 fully saturated rings. The van der Waals surface area contributed by atoms with Crippen molar-refractivity contribution in [3.63, 3.8) is 0 Å². The average molecular weight is 306 g/mol. The van der Waals surface area contributed by atoms with Gasteiger partial charge in [0.15, 0.2) is 0 Å². The van der Waals surface area contributed by atoms with E-state index in [1.807, 2.05) is 37.3 Å². The van der Waals surface area contributed by atoms with Crippen molar-refractivity contribution >= 4 is 16.9 Å². The minimum Gasteiger partial charge on any atom is -0.341 e. The molecular formula is C18H18N4O. The molecule has 116 valence electrons. The Balaban J connectivity index is 1.84. The molecule has 3 heterocycles. The maximum atomic E-state index is 12.8. The second kappa shape index (κ2) is 5.50. The summed E-state index contributed by atoms with van der Waals surface area (Å²) in [6, 6.07) is 9.74. The molecule has 0 spiro atoms. The zero-order chi connectivity index (χ0) is 15.8. The predicted molar refractivity (Wildman–Crippen MR) is 91.3 cm³/mol. The number of aryl methyl sites for hydroxylation is 1. The lowest BCUT2D eigenvalue weighted by Crippen LogP contribution is -2.22. The molecule has 0 atom stereocenters. The molecule has 5 nitrogen and oxygen atoms in total. The molecule has 5 heteroatoms. The van der Waals surface area contributed by atoms with E-state index in [0.717, 1.165) is 30.3 Å². The first-order valence-electron chi connectivity index (χ1n) is 7.93. The Kier molecular flexibility index (Phi) is 3.33. The highest BCUT2D eigenvalue weighted by molar-refractivity contribution is 5.78. The van der Waals surface area contributed by atoms with Crippen molar-refractivity contribution in [2.24, 2.45) is 0 Å². The number of anilines is 1. The van der Waals surface area contributed by atoms with Crippen LogP contribution in [0.1, 0.15) is 18.4 Å². The van der Waals surface area contributed by atoms with Crippen LogP contribution < -0.4 is 10.5 Å². The fourth-order valence-electron chi connectivity index (χ4n) is 3.11. The van der Waals surface area contributed by atoms with Crippen molar-refractivity contribution in [3.8, 4) is 5.69 Å². The topological polar surface area (TPSA) is 51.0 Å². The van der Waals surface area contributed by atoms with Crippen molar-refractivity contribution < 1.29 is 0 Å². The minimum absolute atomic E-state index is 0.0789. The summed E-state index contributed by atoms with van der Waals surface area (Å²) in [5.41, 5.74) is 2.58. The lowest BCUT2D eigenvalue weighted by molar-refractivity contribution is 0.904. The van der Waals surface area contributed by atoms with Crippen molar-refractivity contribution in [2.75, 3.05) is 18.0 Å². The highest BCUT2D eigenvalue weighted by Crippen LogP contribution is 2.18. The monoisotopic (exact) mass is 306 g/mol. The van der Waals surface area contributed by atoms with E-state index in [1.54, 1.807) is 17.0 Å². The Morgan fingerprint density at radius 1 is 1.09 bits per heavy atom. The van der Waals surface area contributed by atoms with Crippen LogP contribution in [0.5, 0.6) is 0 Å². The van der Waals surface area contributed by atoms with Gasteiger partial charge in [-0.1, -0.05) is 18.2 Å². The normalized spacial score (nSPS) is 14.6. The number of para-hydroxylation sites is 1. The number of hydrogen-bond donors (Lipinski definition) is 0. The van der Waals surface area contributed by atoms with E-state index in [1.165, 1.54) is 12.8 Å². The molecule has 0 bridgehead atoms. The molecule has 2 aromatic heterocycles. The van der Waals surface area contributed by atoms with Gasteiger partial charge in [-0.3, -0.25) is 9.36 Å². The van der Waals surface area contributed by atoms with Gasteiger partial charge in [-0.05, 0) is 37.5 Å². The molecule has 0 radical (unpaired) electrons. The van der Waals surface area contributed by atoms with Gasteiger partial charge in [-0.25, -0.2) is 9.97 Å². The van der Waals surface area contributed by atoms with Gasteiger partial charge in [0.25, 0.3) is 5.56 Å². The summed E-state index contributed by atoms with van der Waals surface area (Å²) >= 11 is 0. The summed E-state index contributed by atoms with van der Waals surface area (Å²) in [6.07, 6.45) is 5.81. The number of nitrogens with zero attached hydrogens (tertiary/aromatic N) is 4. The van der Waals surface area contributed by atoms with Gasteiger partial charge in [-0.2, -0.15) is 0 Å². The molecular weight excluding hydrogens is 288 g/mol. The number of pyridine rings is 1. The number of hydrogen-bond acceptors (Lipinski definition) is 4. The fraction of sp³-hybridized carbons (Fsp3) is 0.278. The summed E-state index contributed by atoms with van der Waals surface area (Å²) in [5, 5.41) is 0.554. The van der Waals surface area contributed by atoms with Gasteiger partial charge < -0.3 is 4.90 Å². The van der Waals surface area contributed by atoms with Gasteiger partial charge in [-0.15, -0.1) is 0 Å². The van der Waals surface area contributed by atoms with Crippen molar-refractivity contribution in [1.82, 2.24) is 14.5 Å². The summed E-state index contributed by atoms with van der Waals surface area (Å²) < 4.78 is 1.66. The Hall–Kier alpha value is -2.69. The van der Waals surface area contributed by atoms with Gasteiger partial charge in [0.2, 0.25) is 5.95 Å². The summed E-state index contributed by atoms with van der Waals surface area (Å²) in [4.78, 5) is 23.9. The summed E-state index contributed by atoms with van der Waals surface area (Å²) in [7, 11) is 0. The Labute approximate surface area is 134 Å². The maximum absolute atomic E-state index is 12.8. The molecule has 1 aliphatic heterocycles. The largest absolute Gasteiger partial charge is 0.341 e. The van der Waals surface area contributed by atoms with Crippen LogP contribution in [-0.4, -0.2) is 27.6 Å². The first kappa shape index (κ1) is 13.9. The Bertz CT molecular complexity index is 926. The van der Waals surface area contributed by atoms with E-state index in [-0.39, 0.29) is 5.56 Å². The Morgan fingerprint density at radius 3 is 2.65 bits per heavy atom. The first-order valence-corrected chi connectivity index (χ1v) is 7.93. The molecule has 0 unspecified atom stereocenters. The maximum Gasteiger partial charge on any atom is 0.266 e. The fourth-order valence-corrected chi connectivity index (χ4v) is 3.11. The first-order chi connectivity index (χ1) is 11.2. The second-order valence-electron chi connectivity index (χ2n) is 5.94. The standard InChI is InChI=1S/C18H18N4O/c1-13-6-2-3-7-16(13)22-11-8-15-14(17(22)23)12-19-18(20-15)21-9-4-5-10-21/h2-3,6-8,11-12H,4-5,9-10H2,1H3. The van der Waals surface area contributed by atoms with Crippen LogP contribution in [0.15, 0.2) is 47.5 Å². The predicted octanol–water partition coefficient (Wildman–Crippen LogP) is 2.69. The van der Waals surface area contributed by atoms with Crippen molar-refractivity contribution in [1.29, 1.82) is 0 Å². The molecule has 0 amide bonds. The zero-order valence-corrected chi connectivity index (χ0v) is 13.1. The van der Waals surface area contributed by atoms with Crippen LogP contribution in [0.2, 0.25) is 0 Å². The van der Waals surface area contributed by atoms with Gasteiger partial charge >= 0.3 is 0 Å². The number of fused-ring (bicyclic) bond motifs is 1. The van der Waals surface area contributed by atoms with E-state index < -0.39 is 0 Å². The van der Waals surface area contributed by atoms with Crippen LogP contribution in [0, 0.1) is 6.92 Å². The van der Waals surface area contributed by atoms with E-state index in [4.69, 9.17) is 0 Å². The lowest BCUT2D eigenvalue weighted by atomic mass is 10.2. The molecule has 1 aliphatic rings. The van der Waals surface area contributed by atoms with Crippen LogP contribution in [0.3, 0.4) is 0 Å². The van der Waals surface area contributed by atoms with Crippen molar-refractivity contribution in [3.05, 3.63) is 58.6 Å². The van der Waals surface area contributed by atoms with Gasteiger partial charge in [0.05, 0.1) is 16.6 Å². The second-order valence-corrected chi connectivity index (χ2v) is 5.94. The highest BCUT2D eigenvalue weighted by Gasteiger charge is 2.16. The molecule has 1 saturated heterocycles. The van der Waals surface area contributed by atoms with Crippen LogP contribution in [-0.2, 0) is 0 Å². The van der Waals surface area contributed by atoms with E-state index >= 15 is 0 Å². The van der Waals surface area contributed by atoms with E-state index in [2.05, 4.69) is 14.9 Å². The molecule has 0 N–H and O–H groups in total. The average Bonchev–Trinajstić information content (AvgIpc) is 3.10.